The lowest BCUT2D eigenvalue weighted by Gasteiger charge is -2.01. The molecule has 0 bridgehead atoms. The Morgan fingerprint density at radius 3 is 2.29 bits per heavy atom. The molecule has 0 aliphatic rings. The van der Waals surface area contributed by atoms with Crippen LogP contribution < -0.4 is 0 Å². The molecule has 21 heavy (non-hydrogen) atoms. The Kier molecular flexibility index (Phi) is 10.3. The lowest BCUT2D eigenvalue weighted by atomic mass is 10.0. The number of aliphatic hydroxyl groups excluding tert-OH is 1. The first-order chi connectivity index (χ1) is 9.92. The summed E-state index contributed by atoms with van der Waals surface area (Å²) in [5.41, 5.74) is 6.53. The van der Waals surface area contributed by atoms with Crippen LogP contribution in [0.4, 0.5) is 0 Å². The molecule has 0 aliphatic heterocycles. The molecule has 0 aromatic heterocycles. The summed E-state index contributed by atoms with van der Waals surface area (Å²) < 4.78 is 0. The third-order valence-electron chi connectivity index (χ3n) is 3.40. The maximum atomic E-state index is 8.55. The molecule has 1 nitrogen and oxygen atoms in total. The Hall–Kier alpha value is -1.60. The highest BCUT2D eigenvalue weighted by molar-refractivity contribution is 5.53. The predicted molar refractivity (Wildman–Crippen MR) is 95.5 cm³/mol. The summed E-state index contributed by atoms with van der Waals surface area (Å²) in [4.78, 5) is 0. The molecule has 0 amide bonds. The van der Waals surface area contributed by atoms with Crippen LogP contribution in [0.15, 0.2) is 48.1 Å². The molecule has 0 heterocycles. The molecular formula is C20H30O. The summed E-state index contributed by atoms with van der Waals surface area (Å²) in [5, 5.41) is 8.55. The third kappa shape index (κ3) is 9.04. The highest BCUT2D eigenvalue weighted by Gasteiger charge is 1.93. The first kappa shape index (κ1) is 19.4. The lowest BCUT2D eigenvalue weighted by Crippen LogP contribution is -1.83. The van der Waals surface area contributed by atoms with Gasteiger partial charge in [-0.3, -0.25) is 0 Å². The highest BCUT2D eigenvalue weighted by atomic mass is 16.2. The second-order valence-corrected chi connectivity index (χ2v) is 5.55. The number of hydrogen-bond donors (Lipinski definition) is 1. The maximum absolute atomic E-state index is 8.55. The molecule has 1 N–H and O–H groups in total. The Morgan fingerprint density at radius 2 is 1.81 bits per heavy atom. The van der Waals surface area contributed by atoms with E-state index in [-0.39, 0.29) is 6.61 Å². The predicted octanol–water partition coefficient (Wildman–Crippen LogP) is 5.62. The fourth-order valence-corrected chi connectivity index (χ4v) is 1.84. The van der Waals surface area contributed by atoms with Crippen LogP contribution in [0.2, 0.25) is 0 Å². The van der Waals surface area contributed by atoms with E-state index >= 15 is 0 Å². The Labute approximate surface area is 130 Å². The largest absolute Gasteiger partial charge is 0.392 e. The summed E-state index contributed by atoms with van der Waals surface area (Å²) in [7, 11) is 0. The summed E-state index contributed by atoms with van der Waals surface area (Å²) >= 11 is 0. The molecule has 1 heteroatoms. The third-order valence-corrected chi connectivity index (χ3v) is 3.40. The van der Waals surface area contributed by atoms with Crippen molar-refractivity contribution in [1.29, 1.82) is 0 Å². The van der Waals surface area contributed by atoms with Crippen molar-refractivity contribution in [2.75, 3.05) is 6.61 Å². The molecule has 0 spiro atoms. The Morgan fingerprint density at radius 1 is 1.14 bits per heavy atom. The molecule has 1 aromatic carbocycles. The Balaban J connectivity index is 0.000000382. The SMILES string of the molecule is C=Cc1cccc(C)c1C.CC(C)=CCC/C(C)=C/CO. The van der Waals surface area contributed by atoms with Gasteiger partial charge in [-0.05, 0) is 64.2 Å². The minimum absolute atomic E-state index is 0.167. The van der Waals surface area contributed by atoms with Gasteiger partial charge in [0.1, 0.15) is 0 Å². The summed E-state index contributed by atoms with van der Waals surface area (Å²) in [6.07, 6.45) is 8.12. The second-order valence-electron chi connectivity index (χ2n) is 5.55. The van der Waals surface area contributed by atoms with E-state index in [2.05, 4.69) is 65.5 Å². The Bertz CT molecular complexity index is 489. The minimum atomic E-state index is 0.167. The van der Waals surface area contributed by atoms with Gasteiger partial charge in [-0.25, -0.2) is 0 Å². The van der Waals surface area contributed by atoms with Crippen LogP contribution in [0.5, 0.6) is 0 Å². The smallest absolute Gasteiger partial charge is 0.0614 e. The fourth-order valence-electron chi connectivity index (χ4n) is 1.84. The first-order valence-corrected chi connectivity index (χ1v) is 7.50. The van der Waals surface area contributed by atoms with Gasteiger partial charge in [-0.15, -0.1) is 0 Å². The van der Waals surface area contributed by atoms with E-state index in [4.69, 9.17) is 5.11 Å². The van der Waals surface area contributed by atoms with E-state index in [1.54, 1.807) is 0 Å². The molecule has 0 atom stereocenters. The van der Waals surface area contributed by atoms with Crippen LogP contribution in [0.1, 0.15) is 50.3 Å². The van der Waals surface area contributed by atoms with E-state index in [1.807, 2.05) is 12.2 Å². The topological polar surface area (TPSA) is 20.2 Å². The minimum Gasteiger partial charge on any atom is -0.392 e. The maximum Gasteiger partial charge on any atom is 0.0614 e. The molecule has 0 unspecified atom stereocenters. The number of hydrogen-bond acceptors (Lipinski definition) is 1. The molecule has 1 aromatic rings. The number of aliphatic hydroxyl groups is 1. The quantitative estimate of drug-likeness (QED) is 0.697. The van der Waals surface area contributed by atoms with E-state index in [0.29, 0.717) is 0 Å². The van der Waals surface area contributed by atoms with E-state index in [9.17, 15) is 0 Å². The van der Waals surface area contributed by atoms with Crippen molar-refractivity contribution in [2.45, 2.75) is 47.5 Å². The number of aryl methyl sites for hydroxylation is 1. The van der Waals surface area contributed by atoms with Crippen LogP contribution >= 0.6 is 0 Å². The van der Waals surface area contributed by atoms with Gasteiger partial charge in [0.05, 0.1) is 6.61 Å². The second kappa shape index (κ2) is 11.1. The number of benzene rings is 1. The van der Waals surface area contributed by atoms with E-state index in [1.165, 1.54) is 27.8 Å². The number of rotatable bonds is 5. The van der Waals surface area contributed by atoms with Crippen molar-refractivity contribution >= 4 is 6.08 Å². The van der Waals surface area contributed by atoms with Crippen LogP contribution in [0, 0.1) is 13.8 Å². The van der Waals surface area contributed by atoms with Gasteiger partial charge >= 0.3 is 0 Å². The van der Waals surface area contributed by atoms with E-state index in [0.717, 1.165) is 12.8 Å². The average molecular weight is 286 g/mol. The molecule has 0 saturated carbocycles. The zero-order chi connectivity index (χ0) is 16.3. The van der Waals surface area contributed by atoms with Gasteiger partial charge in [0.2, 0.25) is 0 Å². The van der Waals surface area contributed by atoms with Crippen molar-refractivity contribution in [3.8, 4) is 0 Å². The monoisotopic (exact) mass is 286 g/mol. The van der Waals surface area contributed by atoms with Gasteiger partial charge < -0.3 is 5.11 Å². The standard InChI is InChI=1S/C10H18O.C10H12/c1-9(2)5-4-6-10(3)7-8-11;1-4-10-7-5-6-8(2)9(10)3/h5,7,11H,4,6,8H2,1-3H3;4-7H,1H2,2-3H3/b10-7+;. The fraction of sp³-hybridized carbons (Fsp3) is 0.400. The molecule has 0 saturated heterocycles. The molecular weight excluding hydrogens is 256 g/mol. The molecule has 116 valence electrons. The van der Waals surface area contributed by atoms with Crippen molar-refractivity contribution in [2.24, 2.45) is 0 Å². The zero-order valence-corrected chi connectivity index (χ0v) is 14.2. The molecule has 0 aliphatic carbocycles. The van der Waals surface area contributed by atoms with Gasteiger partial charge in [0.25, 0.3) is 0 Å². The summed E-state index contributed by atoms with van der Waals surface area (Å²) in [6, 6.07) is 6.25. The van der Waals surface area contributed by atoms with Crippen molar-refractivity contribution in [1.82, 2.24) is 0 Å². The normalized spacial score (nSPS) is 10.5. The molecule has 1 rings (SSSR count). The number of allylic oxidation sites excluding steroid dienone is 3. The van der Waals surface area contributed by atoms with Crippen molar-refractivity contribution in [3.05, 3.63) is 64.8 Å². The van der Waals surface area contributed by atoms with Gasteiger partial charge in [0, 0.05) is 0 Å². The highest BCUT2D eigenvalue weighted by Crippen LogP contribution is 2.12. The summed E-state index contributed by atoms with van der Waals surface area (Å²) in [6.45, 7) is 14.4. The van der Waals surface area contributed by atoms with Gasteiger partial charge in [-0.1, -0.05) is 54.2 Å². The summed E-state index contributed by atoms with van der Waals surface area (Å²) in [5.74, 6) is 0. The first-order valence-electron chi connectivity index (χ1n) is 7.50. The van der Waals surface area contributed by atoms with Crippen molar-refractivity contribution < 1.29 is 5.11 Å². The van der Waals surface area contributed by atoms with Crippen LogP contribution in [-0.2, 0) is 0 Å². The van der Waals surface area contributed by atoms with Crippen LogP contribution in [0.3, 0.4) is 0 Å². The van der Waals surface area contributed by atoms with Crippen LogP contribution in [-0.4, -0.2) is 11.7 Å². The van der Waals surface area contributed by atoms with Crippen molar-refractivity contribution in [3.63, 3.8) is 0 Å². The lowest BCUT2D eigenvalue weighted by molar-refractivity contribution is 0.341. The average Bonchev–Trinajstić information content (AvgIpc) is 2.42. The molecule has 0 fully saturated rings. The van der Waals surface area contributed by atoms with Gasteiger partial charge in [-0.2, -0.15) is 0 Å². The van der Waals surface area contributed by atoms with Crippen LogP contribution in [0.25, 0.3) is 6.08 Å². The van der Waals surface area contributed by atoms with Gasteiger partial charge in [0.15, 0.2) is 0 Å². The zero-order valence-electron chi connectivity index (χ0n) is 14.2. The van der Waals surface area contributed by atoms with E-state index < -0.39 is 0 Å². The molecule has 0 radical (unpaired) electrons.